The molecule has 0 unspecified atom stereocenters. The fraction of sp³-hybridized carbons (Fsp3) is 0.241. The highest BCUT2D eigenvalue weighted by molar-refractivity contribution is 5.91. The van der Waals surface area contributed by atoms with Crippen molar-refractivity contribution in [2.75, 3.05) is 18.7 Å². The summed E-state index contributed by atoms with van der Waals surface area (Å²) in [6, 6.07) is 18.4. The highest BCUT2D eigenvalue weighted by atomic mass is 19.1. The molecule has 0 radical (unpaired) electrons. The third kappa shape index (κ3) is 6.23. The molecule has 1 aliphatic rings. The van der Waals surface area contributed by atoms with Crippen LogP contribution in [0, 0.1) is 5.82 Å². The van der Waals surface area contributed by atoms with Gasteiger partial charge in [0.25, 0.3) is 5.91 Å². The third-order valence-corrected chi connectivity index (χ3v) is 6.27. The number of carbonyl (C=O) groups excluding carboxylic acids is 2. The number of ether oxygens (including phenoxy) is 2. The predicted octanol–water partition coefficient (Wildman–Crippen LogP) is 5.37. The number of benzene rings is 2. The van der Waals surface area contributed by atoms with Gasteiger partial charge in [0.15, 0.2) is 17.3 Å². The van der Waals surface area contributed by atoms with Crippen LogP contribution >= 0.6 is 0 Å². The number of nitrogens with zero attached hydrogens (tertiary/aromatic N) is 2. The first-order valence-electron chi connectivity index (χ1n) is 12.7. The number of nitrogens with one attached hydrogen (secondary N) is 2. The van der Waals surface area contributed by atoms with Gasteiger partial charge in [-0.25, -0.2) is 9.18 Å². The molecule has 0 atom stereocenters. The van der Waals surface area contributed by atoms with E-state index >= 15 is 0 Å². The molecular weight excluding hydrogens is 503 g/mol. The Morgan fingerprint density at radius 3 is 2.72 bits per heavy atom. The van der Waals surface area contributed by atoms with Crippen molar-refractivity contribution in [3.63, 3.8) is 0 Å². The number of carbonyl (C=O) groups is 2. The Hall–Kier alpha value is -4.73. The molecule has 0 bridgehead atoms. The van der Waals surface area contributed by atoms with Crippen molar-refractivity contribution in [3.05, 3.63) is 102 Å². The van der Waals surface area contributed by atoms with Crippen LogP contribution in [0.4, 0.5) is 14.9 Å². The molecule has 0 fully saturated rings. The van der Waals surface area contributed by atoms with Crippen molar-refractivity contribution in [1.82, 2.24) is 14.8 Å². The lowest BCUT2D eigenvalue weighted by molar-refractivity contribution is 0.0921. The summed E-state index contributed by atoms with van der Waals surface area (Å²) in [6.07, 6.45) is 2.63. The van der Waals surface area contributed by atoms with Crippen LogP contribution in [0.3, 0.4) is 0 Å². The zero-order chi connectivity index (χ0) is 27.2. The smallest absolute Gasteiger partial charge is 0.322 e. The van der Waals surface area contributed by atoms with Crippen molar-refractivity contribution in [2.24, 2.45) is 0 Å². The Morgan fingerprint density at radius 1 is 1.03 bits per heavy atom. The molecule has 3 heterocycles. The molecule has 5 rings (SSSR count). The number of aromatic nitrogens is 1. The van der Waals surface area contributed by atoms with E-state index < -0.39 is 5.82 Å². The molecule has 1 aliphatic heterocycles. The zero-order valence-electron chi connectivity index (χ0n) is 21.5. The van der Waals surface area contributed by atoms with Crippen molar-refractivity contribution < 1.29 is 27.9 Å². The van der Waals surface area contributed by atoms with Gasteiger partial charge in [0.2, 0.25) is 6.79 Å². The number of hydrogen-bond acceptors (Lipinski definition) is 5. The Bertz CT molecular complexity index is 1460. The van der Waals surface area contributed by atoms with E-state index in [1.807, 2.05) is 48.0 Å². The fourth-order valence-electron chi connectivity index (χ4n) is 4.30. The summed E-state index contributed by atoms with van der Waals surface area (Å²) >= 11 is 0. The van der Waals surface area contributed by atoms with Gasteiger partial charge in [0, 0.05) is 25.0 Å². The molecule has 9 nitrogen and oxygen atoms in total. The van der Waals surface area contributed by atoms with Gasteiger partial charge in [-0.1, -0.05) is 25.1 Å². The summed E-state index contributed by atoms with van der Waals surface area (Å²) in [5.74, 6) is 1.33. The summed E-state index contributed by atoms with van der Waals surface area (Å²) in [5.41, 5.74) is 1.89. The average Bonchev–Trinajstić information content (AvgIpc) is 3.70. The molecule has 0 saturated heterocycles. The SMILES string of the molecule is CCCN(Cc1cccn1Cc1ccc(C(=O)NCc2ccc3c(c2)OCO3)o1)C(=O)Nc1ccccc1F. The number of rotatable bonds is 10. The minimum atomic E-state index is -0.487. The van der Waals surface area contributed by atoms with E-state index in [-0.39, 0.29) is 30.2 Å². The van der Waals surface area contributed by atoms with E-state index in [2.05, 4.69) is 10.6 Å². The second-order valence-electron chi connectivity index (χ2n) is 9.10. The molecule has 2 aromatic heterocycles. The monoisotopic (exact) mass is 532 g/mol. The molecule has 39 heavy (non-hydrogen) atoms. The lowest BCUT2D eigenvalue weighted by Crippen LogP contribution is -2.36. The van der Waals surface area contributed by atoms with Crippen LogP contribution in [0.15, 0.2) is 77.3 Å². The Balaban J connectivity index is 1.19. The quantitative estimate of drug-likeness (QED) is 0.286. The summed E-state index contributed by atoms with van der Waals surface area (Å²) in [7, 11) is 0. The number of urea groups is 1. The first kappa shape index (κ1) is 25.9. The van der Waals surface area contributed by atoms with Crippen LogP contribution in [0.2, 0.25) is 0 Å². The van der Waals surface area contributed by atoms with Crippen LogP contribution in [-0.2, 0) is 19.6 Å². The Morgan fingerprint density at radius 2 is 1.87 bits per heavy atom. The zero-order valence-corrected chi connectivity index (χ0v) is 21.5. The number of furan rings is 1. The van der Waals surface area contributed by atoms with Gasteiger partial charge in [-0.15, -0.1) is 0 Å². The maximum absolute atomic E-state index is 14.0. The van der Waals surface area contributed by atoms with Crippen molar-refractivity contribution in [3.8, 4) is 11.5 Å². The van der Waals surface area contributed by atoms with E-state index in [1.165, 1.54) is 12.1 Å². The molecule has 10 heteroatoms. The second-order valence-corrected chi connectivity index (χ2v) is 9.10. The van der Waals surface area contributed by atoms with Crippen LogP contribution in [0.5, 0.6) is 11.5 Å². The maximum Gasteiger partial charge on any atom is 0.322 e. The molecule has 2 N–H and O–H groups in total. The van der Waals surface area contributed by atoms with Gasteiger partial charge in [-0.3, -0.25) is 4.79 Å². The first-order chi connectivity index (χ1) is 19.0. The van der Waals surface area contributed by atoms with Crippen molar-refractivity contribution >= 4 is 17.6 Å². The number of amides is 3. The number of halogens is 1. The first-order valence-corrected chi connectivity index (χ1v) is 12.7. The van der Waals surface area contributed by atoms with Gasteiger partial charge < -0.3 is 34.0 Å². The second kappa shape index (κ2) is 11.8. The van der Waals surface area contributed by atoms with Crippen molar-refractivity contribution in [1.29, 1.82) is 0 Å². The summed E-state index contributed by atoms with van der Waals surface area (Å²) in [6.45, 7) is 3.69. The molecule has 2 aromatic carbocycles. The maximum atomic E-state index is 14.0. The molecule has 4 aromatic rings. The molecule has 202 valence electrons. The third-order valence-electron chi connectivity index (χ3n) is 6.27. The van der Waals surface area contributed by atoms with Crippen LogP contribution in [0.1, 0.15) is 40.9 Å². The van der Waals surface area contributed by atoms with E-state index in [0.29, 0.717) is 43.4 Å². The summed E-state index contributed by atoms with van der Waals surface area (Å²) < 4.78 is 32.5. The van der Waals surface area contributed by atoms with Gasteiger partial charge in [0.1, 0.15) is 11.6 Å². The summed E-state index contributed by atoms with van der Waals surface area (Å²) in [4.78, 5) is 27.2. The van der Waals surface area contributed by atoms with Gasteiger partial charge in [-0.2, -0.15) is 0 Å². The highest BCUT2D eigenvalue weighted by Gasteiger charge is 2.18. The van der Waals surface area contributed by atoms with Crippen molar-refractivity contribution in [2.45, 2.75) is 33.0 Å². The van der Waals surface area contributed by atoms with Crippen LogP contribution < -0.4 is 20.1 Å². The minimum Gasteiger partial charge on any atom is -0.454 e. The standard InChI is InChI=1S/C29H29FN4O5/c1-2-13-34(29(36)32-24-8-4-3-7-23(24)30)17-21-6-5-14-33(21)18-22-10-12-26(39-22)28(35)31-16-20-9-11-25-27(15-20)38-19-37-25/h3-12,14-15H,2,13,16-19H2,1H3,(H,31,35)(H,32,36). The van der Waals surface area contributed by atoms with E-state index in [1.54, 1.807) is 29.2 Å². The largest absolute Gasteiger partial charge is 0.454 e. The Kier molecular flexibility index (Phi) is 7.81. The summed E-state index contributed by atoms with van der Waals surface area (Å²) in [5, 5.41) is 5.51. The minimum absolute atomic E-state index is 0.138. The topological polar surface area (TPSA) is 98.0 Å². The normalized spacial score (nSPS) is 11.8. The number of para-hydroxylation sites is 1. The number of anilines is 1. The molecule has 0 spiro atoms. The highest BCUT2D eigenvalue weighted by Crippen LogP contribution is 2.32. The lowest BCUT2D eigenvalue weighted by Gasteiger charge is -2.23. The molecular formula is C29H29FN4O5. The van der Waals surface area contributed by atoms with E-state index in [9.17, 15) is 14.0 Å². The molecule has 0 aliphatic carbocycles. The molecule has 3 amide bonds. The van der Waals surface area contributed by atoms with Gasteiger partial charge >= 0.3 is 6.03 Å². The predicted molar refractivity (Wildman–Crippen MR) is 142 cm³/mol. The average molecular weight is 533 g/mol. The van der Waals surface area contributed by atoms with Gasteiger partial charge in [-0.05, 0) is 60.5 Å². The van der Waals surface area contributed by atoms with Crippen LogP contribution in [0.25, 0.3) is 0 Å². The fourth-order valence-corrected chi connectivity index (χ4v) is 4.30. The van der Waals surface area contributed by atoms with Crippen LogP contribution in [-0.4, -0.2) is 34.7 Å². The molecule has 0 saturated carbocycles. The number of hydrogen-bond donors (Lipinski definition) is 2. The number of fused-ring (bicyclic) bond motifs is 1. The Labute approximate surface area is 225 Å². The van der Waals surface area contributed by atoms with E-state index in [0.717, 1.165) is 17.7 Å². The lowest BCUT2D eigenvalue weighted by atomic mass is 10.2. The van der Waals surface area contributed by atoms with E-state index in [4.69, 9.17) is 13.9 Å². The van der Waals surface area contributed by atoms with Gasteiger partial charge in [0.05, 0.1) is 18.8 Å².